The van der Waals surface area contributed by atoms with E-state index in [0.717, 1.165) is 11.1 Å². The number of hydrogen-bond donors (Lipinski definition) is 2. The van der Waals surface area contributed by atoms with Gasteiger partial charge in [0, 0.05) is 5.69 Å². The minimum absolute atomic E-state index is 0.106. The largest absolute Gasteiger partial charge is 0.493 e. The first-order chi connectivity index (χ1) is 16.6. The number of nitrogens with one attached hydrogen (secondary N) is 2. The molecular weight excluding hydrogens is 468 g/mol. The predicted octanol–water partition coefficient (Wildman–Crippen LogP) is 4.38. The van der Waals surface area contributed by atoms with E-state index in [0.29, 0.717) is 28.5 Å². The molecule has 3 rings (SSSR count). The Morgan fingerprint density at radius 2 is 1.54 bits per heavy atom. The highest BCUT2D eigenvalue weighted by Gasteiger charge is 2.17. The number of ether oxygens (including phenoxy) is 3. The second-order valence-electron chi connectivity index (χ2n) is 8.09. The van der Waals surface area contributed by atoms with Crippen molar-refractivity contribution in [2.24, 2.45) is 0 Å². The molecule has 3 aromatic carbocycles. The third-order valence-electron chi connectivity index (χ3n) is 5.40. The van der Waals surface area contributed by atoms with Gasteiger partial charge in [-0.1, -0.05) is 23.8 Å². The van der Waals surface area contributed by atoms with Crippen LogP contribution in [0.5, 0.6) is 17.2 Å². The highest BCUT2D eigenvalue weighted by Crippen LogP contribution is 2.30. The SMILES string of the molecule is COc1ccc(C(C)NC(=O)COc2ccc(S(=O)(=O)Nc3ccc(C)cc3)cc2C)cc1OC. The molecule has 0 heterocycles. The molecule has 0 bridgehead atoms. The molecule has 3 aromatic rings. The van der Waals surface area contributed by atoms with Crippen molar-refractivity contribution in [3.8, 4) is 17.2 Å². The van der Waals surface area contributed by atoms with Gasteiger partial charge in [-0.25, -0.2) is 8.42 Å². The van der Waals surface area contributed by atoms with Gasteiger partial charge in [-0.2, -0.15) is 0 Å². The van der Waals surface area contributed by atoms with Gasteiger partial charge in [-0.3, -0.25) is 9.52 Å². The van der Waals surface area contributed by atoms with Gasteiger partial charge in [0.25, 0.3) is 15.9 Å². The number of hydrogen-bond acceptors (Lipinski definition) is 6. The number of methoxy groups -OCH3 is 2. The summed E-state index contributed by atoms with van der Waals surface area (Å²) in [4.78, 5) is 12.6. The third-order valence-corrected chi connectivity index (χ3v) is 6.78. The highest BCUT2D eigenvalue weighted by atomic mass is 32.2. The van der Waals surface area contributed by atoms with Crippen LogP contribution >= 0.6 is 0 Å². The zero-order valence-corrected chi connectivity index (χ0v) is 21.2. The van der Waals surface area contributed by atoms with Gasteiger partial charge in [-0.15, -0.1) is 0 Å². The molecule has 186 valence electrons. The van der Waals surface area contributed by atoms with Gasteiger partial charge >= 0.3 is 0 Å². The molecular formula is C26H30N2O6S. The minimum Gasteiger partial charge on any atom is -0.493 e. The fraction of sp³-hybridized carbons (Fsp3) is 0.269. The van der Waals surface area contributed by atoms with Crippen LogP contribution in [-0.4, -0.2) is 35.2 Å². The summed E-state index contributed by atoms with van der Waals surface area (Å²) in [5.41, 5.74) is 2.96. The lowest BCUT2D eigenvalue weighted by molar-refractivity contribution is -0.123. The molecule has 1 unspecified atom stereocenters. The number of carbonyl (C=O) groups excluding carboxylic acids is 1. The van der Waals surface area contributed by atoms with Crippen LogP contribution in [-0.2, 0) is 14.8 Å². The first kappa shape index (κ1) is 25.9. The quantitative estimate of drug-likeness (QED) is 0.430. The summed E-state index contributed by atoms with van der Waals surface area (Å²) < 4.78 is 44.2. The Balaban J connectivity index is 1.60. The summed E-state index contributed by atoms with van der Waals surface area (Å²) in [7, 11) is -0.646. The van der Waals surface area contributed by atoms with Crippen LogP contribution in [0.15, 0.2) is 65.6 Å². The van der Waals surface area contributed by atoms with Crippen LogP contribution in [0.2, 0.25) is 0 Å². The molecule has 0 aliphatic rings. The zero-order chi connectivity index (χ0) is 25.6. The summed E-state index contributed by atoms with van der Waals surface area (Å²) >= 11 is 0. The minimum atomic E-state index is -3.76. The van der Waals surface area contributed by atoms with Crippen molar-refractivity contribution in [2.45, 2.75) is 31.7 Å². The number of carbonyl (C=O) groups is 1. The average Bonchev–Trinajstić information content (AvgIpc) is 2.84. The van der Waals surface area contributed by atoms with Gasteiger partial charge in [-0.05, 0) is 74.4 Å². The molecule has 0 radical (unpaired) electrons. The van der Waals surface area contributed by atoms with E-state index < -0.39 is 10.0 Å². The molecule has 1 atom stereocenters. The number of aryl methyl sites for hydroxylation is 2. The monoisotopic (exact) mass is 498 g/mol. The maximum atomic E-state index is 12.7. The number of sulfonamides is 1. The number of rotatable bonds is 10. The predicted molar refractivity (Wildman–Crippen MR) is 135 cm³/mol. The van der Waals surface area contributed by atoms with Crippen LogP contribution in [0, 0.1) is 13.8 Å². The molecule has 2 N–H and O–H groups in total. The lowest BCUT2D eigenvalue weighted by Gasteiger charge is -2.17. The molecule has 0 aliphatic carbocycles. The maximum Gasteiger partial charge on any atom is 0.261 e. The van der Waals surface area contributed by atoms with E-state index in [1.807, 2.05) is 32.0 Å². The summed E-state index contributed by atoms with van der Waals surface area (Å²) in [6, 6.07) is 16.7. The van der Waals surface area contributed by atoms with E-state index >= 15 is 0 Å². The summed E-state index contributed by atoms with van der Waals surface area (Å²) in [5.74, 6) is 1.29. The second-order valence-corrected chi connectivity index (χ2v) is 9.77. The molecule has 0 saturated heterocycles. The topological polar surface area (TPSA) is 103 Å². The van der Waals surface area contributed by atoms with Crippen molar-refractivity contribution >= 4 is 21.6 Å². The fourth-order valence-corrected chi connectivity index (χ4v) is 4.56. The van der Waals surface area contributed by atoms with Crippen molar-refractivity contribution in [1.29, 1.82) is 0 Å². The smallest absolute Gasteiger partial charge is 0.261 e. The summed E-state index contributed by atoms with van der Waals surface area (Å²) in [6.07, 6.45) is 0. The lowest BCUT2D eigenvalue weighted by atomic mass is 10.1. The molecule has 35 heavy (non-hydrogen) atoms. The van der Waals surface area contributed by atoms with Crippen LogP contribution in [0.4, 0.5) is 5.69 Å². The van der Waals surface area contributed by atoms with Gasteiger partial charge in [0.2, 0.25) is 0 Å². The lowest BCUT2D eigenvalue weighted by Crippen LogP contribution is -2.31. The molecule has 0 saturated carbocycles. The van der Waals surface area contributed by atoms with E-state index in [1.165, 1.54) is 12.1 Å². The Hall–Kier alpha value is -3.72. The van der Waals surface area contributed by atoms with E-state index in [-0.39, 0.29) is 23.5 Å². The first-order valence-corrected chi connectivity index (χ1v) is 12.5. The van der Waals surface area contributed by atoms with E-state index in [1.54, 1.807) is 51.5 Å². The van der Waals surface area contributed by atoms with Crippen LogP contribution in [0.1, 0.15) is 29.7 Å². The van der Waals surface area contributed by atoms with Crippen molar-refractivity contribution in [2.75, 3.05) is 25.5 Å². The molecule has 0 fully saturated rings. The normalized spacial score (nSPS) is 11.9. The first-order valence-electron chi connectivity index (χ1n) is 11.0. The molecule has 0 spiro atoms. The van der Waals surface area contributed by atoms with Crippen molar-refractivity contribution in [3.63, 3.8) is 0 Å². The molecule has 1 amide bonds. The highest BCUT2D eigenvalue weighted by molar-refractivity contribution is 7.92. The molecule has 0 aliphatic heterocycles. The van der Waals surface area contributed by atoms with Crippen LogP contribution < -0.4 is 24.2 Å². The summed E-state index contributed by atoms with van der Waals surface area (Å²) in [6.45, 7) is 5.29. The van der Waals surface area contributed by atoms with E-state index in [4.69, 9.17) is 14.2 Å². The second kappa shape index (κ2) is 11.1. The molecule has 0 aromatic heterocycles. The number of anilines is 1. The van der Waals surface area contributed by atoms with Crippen molar-refractivity contribution < 1.29 is 27.4 Å². The maximum absolute atomic E-state index is 12.7. The van der Waals surface area contributed by atoms with E-state index in [9.17, 15) is 13.2 Å². The third kappa shape index (κ3) is 6.66. The van der Waals surface area contributed by atoms with Gasteiger partial charge in [0.1, 0.15) is 5.75 Å². The Bertz CT molecular complexity index is 1290. The Labute approximate surface area is 206 Å². The van der Waals surface area contributed by atoms with Crippen LogP contribution in [0.3, 0.4) is 0 Å². The molecule has 8 nitrogen and oxygen atoms in total. The Morgan fingerprint density at radius 3 is 2.17 bits per heavy atom. The Morgan fingerprint density at radius 1 is 0.886 bits per heavy atom. The average molecular weight is 499 g/mol. The number of amides is 1. The van der Waals surface area contributed by atoms with Crippen molar-refractivity contribution in [3.05, 3.63) is 77.4 Å². The number of benzene rings is 3. The standard InChI is InChI=1S/C26H30N2O6S/c1-17-6-9-21(10-7-17)28-35(30,31)22-11-13-23(18(2)14-22)34-16-26(29)27-19(3)20-8-12-24(32-4)25(15-20)33-5/h6-15,19,28H,16H2,1-5H3,(H,27,29). The van der Waals surface area contributed by atoms with E-state index in [2.05, 4.69) is 10.0 Å². The molecule has 9 heteroatoms. The van der Waals surface area contributed by atoms with Crippen molar-refractivity contribution in [1.82, 2.24) is 5.32 Å². The summed E-state index contributed by atoms with van der Waals surface area (Å²) in [5, 5.41) is 2.88. The van der Waals surface area contributed by atoms with Gasteiger partial charge in [0.05, 0.1) is 25.2 Å². The van der Waals surface area contributed by atoms with Gasteiger partial charge in [0.15, 0.2) is 18.1 Å². The Kier molecular flexibility index (Phi) is 8.24. The zero-order valence-electron chi connectivity index (χ0n) is 20.4. The fourth-order valence-electron chi connectivity index (χ4n) is 3.42. The van der Waals surface area contributed by atoms with Gasteiger partial charge < -0.3 is 19.5 Å². The van der Waals surface area contributed by atoms with Crippen LogP contribution in [0.25, 0.3) is 0 Å².